The lowest BCUT2D eigenvalue weighted by molar-refractivity contribution is 0.340. The van der Waals surface area contributed by atoms with Crippen LogP contribution in [-0.4, -0.2) is 7.11 Å². The predicted octanol–water partition coefficient (Wildman–Crippen LogP) is 3.06. The Bertz CT molecular complexity index is 288. The van der Waals surface area contributed by atoms with E-state index in [9.17, 15) is 4.57 Å². The minimum Gasteiger partial charge on any atom is -0.413 e. The Labute approximate surface area is 75.6 Å². The summed E-state index contributed by atoms with van der Waals surface area (Å²) in [6.45, 7) is -3.42. The summed E-state index contributed by atoms with van der Waals surface area (Å²) in [6, 6.07) is 8.62. The smallest absolute Gasteiger partial charge is 0.413 e. The van der Waals surface area contributed by atoms with Gasteiger partial charge in [0.05, 0.1) is 0 Å². The zero-order valence-electron chi connectivity index (χ0n) is 6.44. The Morgan fingerprint density at radius 2 is 1.92 bits per heavy atom. The second kappa shape index (κ2) is 3.94. The molecule has 1 rings (SSSR count). The van der Waals surface area contributed by atoms with E-state index in [4.69, 9.17) is 15.8 Å². The van der Waals surface area contributed by atoms with Gasteiger partial charge >= 0.3 is 6.95 Å². The molecule has 5 heteroatoms. The summed E-state index contributed by atoms with van der Waals surface area (Å²) in [5.41, 5.74) is 0. The van der Waals surface area contributed by atoms with E-state index in [1.54, 1.807) is 24.3 Å². The maximum atomic E-state index is 11.1. The Hall–Kier alpha value is -0.500. The first-order valence-corrected chi connectivity index (χ1v) is 5.69. The van der Waals surface area contributed by atoms with Gasteiger partial charge in [-0.3, -0.25) is 4.52 Å². The lowest BCUT2D eigenvalue weighted by Gasteiger charge is -2.08. The van der Waals surface area contributed by atoms with Crippen molar-refractivity contribution in [3.63, 3.8) is 0 Å². The Morgan fingerprint density at radius 3 is 2.42 bits per heavy atom. The van der Waals surface area contributed by atoms with E-state index in [0.29, 0.717) is 5.75 Å². The van der Waals surface area contributed by atoms with E-state index in [1.165, 1.54) is 7.11 Å². The van der Waals surface area contributed by atoms with Crippen LogP contribution < -0.4 is 4.52 Å². The van der Waals surface area contributed by atoms with Gasteiger partial charge in [-0.1, -0.05) is 18.2 Å². The molecule has 0 aliphatic rings. The summed E-state index contributed by atoms with van der Waals surface area (Å²) in [5, 5.41) is 0. The van der Waals surface area contributed by atoms with Crippen molar-refractivity contribution < 1.29 is 13.6 Å². The molecule has 1 unspecified atom stereocenters. The van der Waals surface area contributed by atoms with Crippen molar-refractivity contribution in [1.82, 2.24) is 0 Å². The van der Waals surface area contributed by atoms with Crippen molar-refractivity contribution in [2.75, 3.05) is 7.11 Å². The molecule has 0 radical (unpaired) electrons. The fraction of sp³-hybridized carbons (Fsp3) is 0.143. The molecule has 3 nitrogen and oxygen atoms in total. The van der Waals surface area contributed by atoms with E-state index in [1.807, 2.05) is 6.07 Å². The number of rotatable bonds is 3. The normalized spacial score (nSPS) is 15.2. The summed E-state index contributed by atoms with van der Waals surface area (Å²) in [6.07, 6.45) is 0. The summed E-state index contributed by atoms with van der Waals surface area (Å²) >= 11 is 5.37. The maximum absolute atomic E-state index is 11.1. The minimum atomic E-state index is -3.42. The van der Waals surface area contributed by atoms with Crippen LogP contribution in [0.3, 0.4) is 0 Å². The molecule has 66 valence electrons. The molecule has 0 fully saturated rings. The van der Waals surface area contributed by atoms with E-state index in [-0.39, 0.29) is 0 Å². The molecule has 0 aliphatic carbocycles. The zero-order valence-corrected chi connectivity index (χ0v) is 8.09. The SMILES string of the molecule is COP(=O)(Cl)Oc1ccccc1. The fourth-order valence-corrected chi connectivity index (χ4v) is 1.33. The lowest BCUT2D eigenvalue weighted by Crippen LogP contribution is -1.87. The van der Waals surface area contributed by atoms with Gasteiger partial charge in [0, 0.05) is 18.4 Å². The molecule has 0 bridgehead atoms. The van der Waals surface area contributed by atoms with Crippen LogP contribution in [0, 0.1) is 0 Å². The van der Waals surface area contributed by atoms with Crippen LogP contribution in [-0.2, 0) is 9.09 Å². The number of hydrogen-bond donors (Lipinski definition) is 0. The number of halogens is 1. The topological polar surface area (TPSA) is 35.5 Å². The third-order valence-corrected chi connectivity index (χ3v) is 2.66. The maximum Gasteiger partial charge on any atom is 0.476 e. The van der Waals surface area contributed by atoms with Crippen molar-refractivity contribution in [2.24, 2.45) is 0 Å². The average molecular weight is 207 g/mol. The average Bonchev–Trinajstić information content (AvgIpc) is 2.06. The molecule has 0 spiro atoms. The Morgan fingerprint density at radius 1 is 1.33 bits per heavy atom. The van der Waals surface area contributed by atoms with Gasteiger partial charge in [0.15, 0.2) is 0 Å². The van der Waals surface area contributed by atoms with Crippen LogP contribution >= 0.6 is 18.2 Å². The molecule has 0 N–H and O–H groups in total. The van der Waals surface area contributed by atoms with Gasteiger partial charge in [-0.15, -0.1) is 0 Å². The largest absolute Gasteiger partial charge is 0.476 e. The van der Waals surface area contributed by atoms with Crippen LogP contribution in [0.4, 0.5) is 0 Å². The second-order valence-corrected chi connectivity index (χ2v) is 4.67. The van der Waals surface area contributed by atoms with Crippen molar-refractivity contribution >= 4 is 18.2 Å². The van der Waals surface area contributed by atoms with Gasteiger partial charge in [-0.25, -0.2) is 4.57 Å². The highest BCUT2D eigenvalue weighted by molar-refractivity contribution is 7.81. The third kappa shape index (κ3) is 2.86. The summed E-state index contributed by atoms with van der Waals surface area (Å²) in [7, 11) is 1.23. The molecule has 0 amide bonds. The minimum absolute atomic E-state index is 0.428. The third-order valence-electron chi connectivity index (χ3n) is 1.18. The predicted molar refractivity (Wildman–Crippen MR) is 47.5 cm³/mol. The first kappa shape index (κ1) is 9.59. The second-order valence-electron chi connectivity index (χ2n) is 2.02. The molecule has 0 aromatic heterocycles. The molecule has 0 aliphatic heterocycles. The van der Waals surface area contributed by atoms with E-state index in [0.717, 1.165) is 0 Å². The highest BCUT2D eigenvalue weighted by Crippen LogP contribution is 2.52. The van der Waals surface area contributed by atoms with Crippen molar-refractivity contribution in [1.29, 1.82) is 0 Å². The van der Waals surface area contributed by atoms with Crippen molar-refractivity contribution in [3.8, 4) is 5.75 Å². The molecular formula is C7H8ClO3P. The fourth-order valence-electron chi connectivity index (χ4n) is 0.645. The highest BCUT2D eigenvalue weighted by atomic mass is 35.7. The molecule has 1 aromatic rings. The number of benzene rings is 1. The summed E-state index contributed by atoms with van der Waals surface area (Å²) in [5.74, 6) is 0.428. The molecule has 12 heavy (non-hydrogen) atoms. The van der Waals surface area contributed by atoms with Crippen LogP contribution in [0.5, 0.6) is 5.75 Å². The van der Waals surface area contributed by atoms with Gasteiger partial charge in [0.25, 0.3) is 0 Å². The van der Waals surface area contributed by atoms with Gasteiger partial charge in [0.1, 0.15) is 5.75 Å². The standard InChI is InChI=1S/C7H8ClO3P/c1-10-12(8,9)11-7-5-3-2-4-6-7/h2-6H,1H3. The van der Waals surface area contributed by atoms with Crippen molar-refractivity contribution in [3.05, 3.63) is 30.3 Å². The van der Waals surface area contributed by atoms with Crippen LogP contribution in [0.1, 0.15) is 0 Å². The molecule has 0 saturated heterocycles. The van der Waals surface area contributed by atoms with Crippen LogP contribution in [0.15, 0.2) is 30.3 Å². The Kier molecular flexibility index (Phi) is 3.15. The van der Waals surface area contributed by atoms with Crippen molar-refractivity contribution in [2.45, 2.75) is 0 Å². The molecule has 0 saturated carbocycles. The Balaban J connectivity index is 2.71. The van der Waals surface area contributed by atoms with E-state index >= 15 is 0 Å². The molecule has 1 atom stereocenters. The molecule has 0 heterocycles. The molecule has 1 aromatic carbocycles. The summed E-state index contributed by atoms with van der Waals surface area (Å²) in [4.78, 5) is 0. The zero-order chi connectivity index (χ0) is 9.03. The number of para-hydroxylation sites is 1. The summed E-state index contributed by atoms with van der Waals surface area (Å²) < 4.78 is 20.4. The molecular weight excluding hydrogens is 199 g/mol. The number of hydrogen-bond acceptors (Lipinski definition) is 3. The monoisotopic (exact) mass is 206 g/mol. The first-order valence-electron chi connectivity index (χ1n) is 3.24. The van der Waals surface area contributed by atoms with Gasteiger partial charge in [-0.05, 0) is 12.1 Å². The lowest BCUT2D eigenvalue weighted by atomic mass is 10.3. The van der Waals surface area contributed by atoms with Crippen LogP contribution in [0.2, 0.25) is 0 Å². The van der Waals surface area contributed by atoms with Crippen LogP contribution in [0.25, 0.3) is 0 Å². The first-order chi connectivity index (χ1) is 5.64. The van der Waals surface area contributed by atoms with Gasteiger partial charge < -0.3 is 4.52 Å². The quantitative estimate of drug-likeness (QED) is 0.713. The van der Waals surface area contributed by atoms with E-state index in [2.05, 4.69) is 4.52 Å². The van der Waals surface area contributed by atoms with E-state index < -0.39 is 6.95 Å². The van der Waals surface area contributed by atoms with Gasteiger partial charge in [-0.2, -0.15) is 0 Å². The van der Waals surface area contributed by atoms with Gasteiger partial charge in [0.2, 0.25) is 0 Å². The highest BCUT2D eigenvalue weighted by Gasteiger charge is 2.19.